The minimum Gasteiger partial charge on any atom is -0.352 e. The number of carbonyl (C=O) groups excluding carboxylic acids is 2. The molecule has 3 rings (SSSR count). The highest BCUT2D eigenvalue weighted by Crippen LogP contribution is 2.23. The summed E-state index contributed by atoms with van der Waals surface area (Å²) in [6.45, 7) is 5.52. The summed E-state index contributed by atoms with van der Waals surface area (Å²) in [5.74, 6) is -0.583. The number of rotatable bonds is 10. The van der Waals surface area contributed by atoms with Gasteiger partial charge in [0.1, 0.15) is 12.6 Å². The van der Waals surface area contributed by atoms with Gasteiger partial charge in [-0.2, -0.15) is 0 Å². The van der Waals surface area contributed by atoms with E-state index >= 15 is 0 Å². The largest absolute Gasteiger partial charge is 0.352 e. The fraction of sp³-hybridized carbons (Fsp3) is 0.500. The first-order valence-corrected chi connectivity index (χ1v) is 14.6. The molecule has 1 N–H and O–H groups in total. The Morgan fingerprint density at radius 3 is 2.17 bits per heavy atom. The lowest BCUT2D eigenvalue weighted by molar-refractivity contribution is -0.140. The number of hydrogen-bond acceptors (Lipinski definition) is 4. The predicted molar refractivity (Wildman–Crippen MR) is 144 cm³/mol. The van der Waals surface area contributed by atoms with Gasteiger partial charge in [-0.1, -0.05) is 62.6 Å². The highest BCUT2D eigenvalue weighted by atomic mass is 32.2. The van der Waals surface area contributed by atoms with Crippen LogP contribution in [0.2, 0.25) is 0 Å². The van der Waals surface area contributed by atoms with Crippen molar-refractivity contribution in [2.45, 2.75) is 77.9 Å². The first kappa shape index (κ1) is 27.7. The van der Waals surface area contributed by atoms with E-state index in [1.807, 2.05) is 57.2 Å². The Labute approximate surface area is 215 Å². The zero-order chi connectivity index (χ0) is 26.3. The number of carbonyl (C=O) groups is 2. The lowest BCUT2D eigenvalue weighted by atomic mass is 9.95. The Bertz CT molecular complexity index is 1120. The summed E-state index contributed by atoms with van der Waals surface area (Å²) in [5, 5.41) is 3.16. The fourth-order valence-electron chi connectivity index (χ4n) is 4.95. The first-order valence-electron chi connectivity index (χ1n) is 12.8. The zero-order valence-corrected chi connectivity index (χ0v) is 22.7. The van der Waals surface area contributed by atoms with E-state index in [1.54, 1.807) is 12.1 Å². The van der Waals surface area contributed by atoms with Crippen molar-refractivity contribution in [2.75, 3.05) is 17.1 Å². The molecule has 0 bridgehead atoms. The lowest BCUT2D eigenvalue weighted by Gasteiger charge is -2.34. The van der Waals surface area contributed by atoms with Crippen molar-refractivity contribution in [2.24, 2.45) is 0 Å². The van der Waals surface area contributed by atoms with Crippen LogP contribution < -0.4 is 9.62 Å². The van der Waals surface area contributed by atoms with Crippen molar-refractivity contribution < 1.29 is 18.0 Å². The van der Waals surface area contributed by atoms with Crippen molar-refractivity contribution in [3.63, 3.8) is 0 Å². The quantitative estimate of drug-likeness (QED) is 0.512. The Hall–Kier alpha value is -2.87. The minimum atomic E-state index is -3.74. The number of amides is 2. The topological polar surface area (TPSA) is 86.8 Å². The second-order valence-corrected chi connectivity index (χ2v) is 11.8. The molecule has 1 unspecified atom stereocenters. The molecule has 2 amide bonds. The zero-order valence-electron chi connectivity index (χ0n) is 21.9. The number of benzene rings is 2. The van der Waals surface area contributed by atoms with Gasteiger partial charge in [-0.15, -0.1) is 0 Å². The maximum atomic E-state index is 13.8. The van der Waals surface area contributed by atoms with Gasteiger partial charge in [0.15, 0.2) is 0 Å². The van der Waals surface area contributed by atoms with E-state index in [9.17, 15) is 18.0 Å². The Morgan fingerprint density at radius 1 is 1.00 bits per heavy atom. The monoisotopic (exact) mass is 513 g/mol. The maximum absolute atomic E-state index is 13.8. The SMILES string of the molecule is CCC(C(=O)NC1CCCCC1)N(Cc1ccccc1)C(=O)CN(c1cc(C)cc(C)c1)S(C)(=O)=O. The number of aryl methyl sites for hydroxylation is 2. The van der Waals surface area contributed by atoms with Crippen molar-refractivity contribution in [1.29, 1.82) is 0 Å². The van der Waals surface area contributed by atoms with Crippen molar-refractivity contribution >= 4 is 27.5 Å². The van der Waals surface area contributed by atoms with Crippen LogP contribution in [-0.2, 0) is 26.2 Å². The molecule has 0 heterocycles. The molecule has 7 nitrogen and oxygen atoms in total. The van der Waals surface area contributed by atoms with E-state index in [0.717, 1.165) is 52.9 Å². The molecule has 196 valence electrons. The summed E-state index contributed by atoms with van der Waals surface area (Å²) in [6, 6.07) is 14.4. The van der Waals surface area contributed by atoms with E-state index in [1.165, 1.54) is 11.3 Å². The van der Waals surface area contributed by atoms with Crippen molar-refractivity contribution in [3.05, 3.63) is 65.2 Å². The third-order valence-corrected chi connectivity index (χ3v) is 7.85. The smallest absolute Gasteiger partial charge is 0.244 e. The molecule has 0 saturated heterocycles. The van der Waals surface area contributed by atoms with Crippen LogP contribution in [0.3, 0.4) is 0 Å². The van der Waals surface area contributed by atoms with E-state index in [4.69, 9.17) is 0 Å². The highest BCUT2D eigenvalue weighted by molar-refractivity contribution is 7.92. The van der Waals surface area contributed by atoms with Gasteiger partial charge in [-0.3, -0.25) is 13.9 Å². The molecule has 0 aromatic heterocycles. The Balaban J connectivity index is 1.91. The van der Waals surface area contributed by atoms with Crippen LogP contribution >= 0.6 is 0 Å². The van der Waals surface area contributed by atoms with Crippen LogP contribution in [0, 0.1) is 13.8 Å². The molecule has 36 heavy (non-hydrogen) atoms. The Kier molecular flexibility index (Phi) is 9.54. The molecule has 8 heteroatoms. The van der Waals surface area contributed by atoms with Crippen LogP contribution in [0.25, 0.3) is 0 Å². The third kappa shape index (κ3) is 7.56. The molecule has 2 aromatic carbocycles. The summed E-state index contributed by atoms with van der Waals surface area (Å²) < 4.78 is 26.7. The molecule has 2 aromatic rings. The van der Waals surface area contributed by atoms with Crippen molar-refractivity contribution in [1.82, 2.24) is 10.2 Å². The van der Waals surface area contributed by atoms with Crippen LogP contribution in [0.5, 0.6) is 0 Å². The normalized spacial score (nSPS) is 15.2. The molecule has 1 aliphatic carbocycles. The van der Waals surface area contributed by atoms with Gasteiger partial charge < -0.3 is 10.2 Å². The molecular weight excluding hydrogens is 474 g/mol. The summed E-state index contributed by atoms with van der Waals surface area (Å²) in [5.41, 5.74) is 3.14. The number of anilines is 1. The standard InChI is InChI=1S/C28H39N3O4S/c1-5-26(28(33)29-24-14-10-7-11-15-24)30(19-23-12-8-6-9-13-23)27(32)20-31(36(4,34)35)25-17-21(2)16-22(3)18-25/h6,8-9,12-13,16-18,24,26H,5,7,10-11,14-15,19-20H2,1-4H3,(H,29,33). The fourth-order valence-corrected chi connectivity index (χ4v) is 5.79. The first-order chi connectivity index (χ1) is 17.1. The number of hydrogen-bond donors (Lipinski definition) is 1. The minimum absolute atomic E-state index is 0.122. The maximum Gasteiger partial charge on any atom is 0.244 e. The van der Waals surface area contributed by atoms with E-state index in [2.05, 4.69) is 5.32 Å². The van der Waals surface area contributed by atoms with Gasteiger partial charge >= 0.3 is 0 Å². The summed E-state index contributed by atoms with van der Waals surface area (Å²) in [6.07, 6.45) is 6.79. The predicted octanol–water partition coefficient (Wildman–Crippen LogP) is 4.33. The molecule has 1 aliphatic rings. The molecule has 0 aliphatic heterocycles. The number of nitrogens with zero attached hydrogens (tertiary/aromatic N) is 2. The second kappa shape index (κ2) is 12.4. The van der Waals surface area contributed by atoms with Crippen molar-refractivity contribution in [3.8, 4) is 0 Å². The molecular formula is C28H39N3O4S. The molecule has 0 radical (unpaired) electrons. The summed E-state index contributed by atoms with van der Waals surface area (Å²) in [7, 11) is -3.74. The molecule has 1 atom stereocenters. The summed E-state index contributed by atoms with van der Waals surface area (Å²) in [4.78, 5) is 28.7. The second-order valence-electron chi connectivity index (χ2n) is 9.89. The Morgan fingerprint density at radius 2 is 1.61 bits per heavy atom. The number of nitrogens with one attached hydrogen (secondary N) is 1. The van der Waals surface area contributed by atoms with Gasteiger partial charge in [-0.25, -0.2) is 8.42 Å². The van der Waals surface area contributed by atoms with Gasteiger partial charge in [0.05, 0.1) is 11.9 Å². The van der Waals surface area contributed by atoms with Crippen LogP contribution in [0.4, 0.5) is 5.69 Å². The third-order valence-electron chi connectivity index (χ3n) is 6.71. The summed E-state index contributed by atoms with van der Waals surface area (Å²) >= 11 is 0. The average Bonchev–Trinajstić information content (AvgIpc) is 2.82. The van der Waals surface area contributed by atoms with E-state index in [0.29, 0.717) is 12.1 Å². The molecule has 1 fully saturated rings. The van der Waals surface area contributed by atoms with Crippen LogP contribution in [0.1, 0.15) is 62.1 Å². The van der Waals surface area contributed by atoms with Crippen LogP contribution in [-0.4, -0.2) is 50.0 Å². The van der Waals surface area contributed by atoms with Gasteiger partial charge in [0.2, 0.25) is 21.8 Å². The van der Waals surface area contributed by atoms with Gasteiger partial charge in [0, 0.05) is 12.6 Å². The van der Waals surface area contributed by atoms with E-state index < -0.39 is 22.0 Å². The van der Waals surface area contributed by atoms with Crippen LogP contribution in [0.15, 0.2) is 48.5 Å². The highest BCUT2D eigenvalue weighted by Gasteiger charge is 2.32. The number of sulfonamides is 1. The molecule has 1 saturated carbocycles. The lowest BCUT2D eigenvalue weighted by Crippen LogP contribution is -2.53. The average molecular weight is 514 g/mol. The van der Waals surface area contributed by atoms with Gasteiger partial charge in [-0.05, 0) is 61.9 Å². The molecule has 0 spiro atoms. The van der Waals surface area contributed by atoms with E-state index in [-0.39, 0.29) is 25.0 Å². The van der Waals surface area contributed by atoms with Gasteiger partial charge in [0.25, 0.3) is 0 Å².